The molecule has 5 rings (SSSR count). The fourth-order valence-corrected chi connectivity index (χ4v) is 8.59. The number of ether oxygens (including phenoxy) is 5. The molecule has 10 heteroatoms. The van der Waals surface area contributed by atoms with Crippen LogP contribution in [0.3, 0.4) is 0 Å². The van der Waals surface area contributed by atoms with E-state index in [9.17, 15) is 25.5 Å². The van der Waals surface area contributed by atoms with Crippen LogP contribution in [0.25, 0.3) is 0 Å². The van der Waals surface area contributed by atoms with Gasteiger partial charge in [0.1, 0.15) is 0 Å². The molecular weight excluding hydrogens is 761 g/mol. The molecule has 0 aromatic carbocycles. The summed E-state index contributed by atoms with van der Waals surface area (Å²) in [7, 11) is 3.31. The van der Waals surface area contributed by atoms with E-state index in [1.165, 1.54) is 11.1 Å². The predicted molar refractivity (Wildman–Crippen MR) is 245 cm³/mol. The van der Waals surface area contributed by atoms with E-state index >= 15 is 0 Å². The van der Waals surface area contributed by atoms with Crippen LogP contribution in [0, 0.1) is 17.8 Å². The number of rotatable bonds is 11. The monoisotopic (exact) mass is 851 g/mol. The van der Waals surface area contributed by atoms with Gasteiger partial charge in [0.25, 0.3) is 0 Å². The van der Waals surface area contributed by atoms with Crippen LogP contribution in [-0.2, 0) is 23.7 Å². The fourth-order valence-electron chi connectivity index (χ4n) is 8.59. The molecule has 0 aromatic rings. The Kier molecular flexibility index (Phi) is 30.1. The first-order valence-corrected chi connectivity index (χ1v) is 23.1. The van der Waals surface area contributed by atoms with Gasteiger partial charge in [-0.15, -0.1) is 19.7 Å². The summed E-state index contributed by atoms with van der Waals surface area (Å²) in [5, 5.41) is 48.0. The van der Waals surface area contributed by atoms with E-state index in [4.69, 9.17) is 23.7 Å². The zero-order valence-electron chi connectivity index (χ0n) is 39.3. The number of allylic oxidation sites excluding steroid dienone is 5. The molecule has 0 amide bonds. The van der Waals surface area contributed by atoms with Crippen molar-refractivity contribution in [1.82, 2.24) is 0 Å². The Morgan fingerprint density at radius 1 is 0.517 bits per heavy atom. The number of aliphatic hydroxyl groups is 5. The van der Waals surface area contributed by atoms with E-state index in [1.54, 1.807) is 14.2 Å². The molecule has 0 aliphatic heterocycles. The lowest BCUT2D eigenvalue weighted by Crippen LogP contribution is -2.35. The first-order valence-electron chi connectivity index (χ1n) is 23.1. The minimum absolute atomic E-state index is 0.0201. The molecule has 5 aliphatic rings. The molecule has 5 fully saturated rings. The van der Waals surface area contributed by atoms with E-state index < -0.39 is 0 Å². The van der Waals surface area contributed by atoms with Crippen molar-refractivity contribution in [2.24, 2.45) is 17.8 Å². The van der Waals surface area contributed by atoms with E-state index in [0.29, 0.717) is 24.4 Å². The summed E-state index contributed by atoms with van der Waals surface area (Å²) in [6, 6.07) is 0. The van der Waals surface area contributed by atoms with Gasteiger partial charge in [0.2, 0.25) is 0 Å². The van der Waals surface area contributed by atoms with Crippen LogP contribution in [0.2, 0.25) is 0 Å². The number of aliphatic hydroxyl groups excluding tert-OH is 5. The lowest BCUT2D eigenvalue weighted by atomic mass is 9.85. The van der Waals surface area contributed by atoms with Crippen molar-refractivity contribution in [3.05, 3.63) is 61.3 Å². The summed E-state index contributed by atoms with van der Waals surface area (Å²) in [6.07, 6.45) is 23.4. The standard InChI is InChI=1S/2C11H20O2.C10H18O2.2C9H16O2/c2*1-4-9-5-6-11(10(12)7-9)13-8(2)3;1-3-8-5-6-9(11)10(7-8)12-4-2;1-3-7-4-5-9(11-2)8(10)6-7;1-3-7-4-5-8(10)9(6-7)11-2/h2*4,8,10-12H,5-7H2,1-3H3;3,8-11H,1,4-7H2,2H3;2*3,7-10H,1,4-6H2,2H3/b9-4+;9-4-;;;. The third kappa shape index (κ3) is 22.1. The summed E-state index contributed by atoms with van der Waals surface area (Å²) in [4.78, 5) is 0. The number of hydrogen-bond acceptors (Lipinski definition) is 10. The second kappa shape index (κ2) is 32.0. The lowest BCUT2D eigenvalue weighted by molar-refractivity contribution is -0.0751. The summed E-state index contributed by atoms with van der Waals surface area (Å²) >= 11 is 0. The second-order valence-corrected chi connectivity index (χ2v) is 17.6. The molecule has 0 spiro atoms. The minimum Gasteiger partial charge on any atom is -0.390 e. The molecule has 0 saturated heterocycles. The maximum atomic E-state index is 9.75. The molecule has 5 saturated carbocycles. The van der Waals surface area contributed by atoms with Gasteiger partial charge in [-0.3, -0.25) is 0 Å². The SMILES string of the molecule is C/C=C1/CCC(OC(C)C)C(O)C1.C/C=C1\CCC(OC(C)C)C(O)C1.C=CC1CCC(O)C(OC)C1.C=CC1CCC(O)C(OCC)C1.C=CC1CCC(OC)C(O)C1. The van der Waals surface area contributed by atoms with Gasteiger partial charge in [0, 0.05) is 20.8 Å². The molecule has 0 bridgehead atoms. The van der Waals surface area contributed by atoms with Crippen molar-refractivity contribution in [2.75, 3.05) is 20.8 Å². The number of methoxy groups -OCH3 is 2. The maximum absolute atomic E-state index is 9.75. The van der Waals surface area contributed by atoms with E-state index in [0.717, 1.165) is 96.3 Å². The van der Waals surface area contributed by atoms with Crippen LogP contribution >= 0.6 is 0 Å². The van der Waals surface area contributed by atoms with Crippen molar-refractivity contribution in [1.29, 1.82) is 0 Å². The van der Waals surface area contributed by atoms with Crippen LogP contribution < -0.4 is 0 Å². The van der Waals surface area contributed by atoms with Crippen molar-refractivity contribution < 1.29 is 49.2 Å². The highest BCUT2D eigenvalue weighted by Crippen LogP contribution is 2.30. The largest absolute Gasteiger partial charge is 0.390 e. The molecule has 10 nitrogen and oxygen atoms in total. The molecule has 5 N–H and O–H groups in total. The van der Waals surface area contributed by atoms with Crippen molar-refractivity contribution in [3.63, 3.8) is 0 Å². The first kappa shape index (κ1) is 56.3. The second-order valence-electron chi connectivity index (χ2n) is 17.6. The van der Waals surface area contributed by atoms with Gasteiger partial charge < -0.3 is 49.2 Å². The van der Waals surface area contributed by atoms with E-state index in [2.05, 4.69) is 31.9 Å². The molecule has 0 radical (unpaired) electrons. The molecule has 13 atom stereocenters. The topological polar surface area (TPSA) is 147 Å². The van der Waals surface area contributed by atoms with Gasteiger partial charge in [0.15, 0.2) is 0 Å². The molecule has 0 aromatic heterocycles. The van der Waals surface area contributed by atoms with Crippen molar-refractivity contribution in [2.45, 2.75) is 218 Å². The lowest BCUT2D eigenvalue weighted by Gasteiger charge is -2.31. The highest BCUT2D eigenvalue weighted by atomic mass is 16.5. The zero-order chi connectivity index (χ0) is 45.2. The Morgan fingerprint density at radius 3 is 1.27 bits per heavy atom. The average Bonchev–Trinajstić information content (AvgIpc) is 3.24. The van der Waals surface area contributed by atoms with Gasteiger partial charge in [-0.2, -0.15) is 0 Å². The van der Waals surface area contributed by atoms with Crippen LogP contribution in [0.5, 0.6) is 0 Å². The summed E-state index contributed by atoms with van der Waals surface area (Å²) in [5.41, 5.74) is 2.72. The van der Waals surface area contributed by atoms with Gasteiger partial charge in [-0.05, 0) is 163 Å². The molecule has 350 valence electrons. The highest BCUT2D eigenvalue weighted by Gasteiger charge is 2.30. The highest BCUT2D eigenvalue weighted by molar-refractivity contribution is 5.08. The van der Waals surface area contributed by atoms with E-state index in [-0.39, 0.29) is 73.2 Å². The number of hydrogen-bond donors (Lipinski definition) is 5. The van der Waals surface area contributed by atoms with Crippen LogP contribution in [0.4, 0.5) is 0 Å². The minimum atomic E-state index is -0.303. The summed E-state index contributed by atoms with van der Waals surface area (Å²) in [6.45, 7) is 26.0. The molecular formula is C50H90O10. The quantitative estimate of drug-likeness (QED) is 0.128. The average molecular weight is 851 g/mol. The molecule has 60 heavy (non-hydrogen) atoms. The Hall–Kier alpha value is -1.70. The van der Waals surface area contributed by atoms with Crippen molar-refractivity contribution in [3.8, 4) is 0 Å². The smallest absolute Gasteiger partial charge is 0.0843 e. The van der Waals surface area contributed by atoms with Gasteiger partial charge in [-0.25, -0.2) is 0 Å². The Labute approximate surface area is 366 Å². The van der Waals surface area contributed by atoms with Gasteiger partial charge in [0.05, 0.1) is 73.2 Å². The van der Waals surface area contributed by atoms with Crippen LogP contribution in [-0.4, -0.2) is 120 Å². The normalized spacial score (nSPS) is 35.6. The van der Waals surface area contributed by atoms with Gasteiger partial charge in [-0.1, -0.05) is 41.5 Å². The van der Waals surface area contributed by atoms with Crippen LogP contribution in [0.15, 0.2) is 61.3 Å². The van der Waals surface area contributed by atoms with Gasteiger partial charge >= 0.3 is 0 Å². The van der Waals surface area contributed by atoms with Crippen LogP contribution in [0.1, 0.15) is 145 Å². The van der Waals surface area contributed by atoms with E-state index in [1.807, 2.05) is 66.7 Å². The molecule has 13 unspecified atom stereocenters. The molecule has 0 heterocycles. The zero-order valence-corrected chi connectivity index (χ0v) is 39.3. The third-order valence-corrected chi connectivity index (χ3v) is 12.4. The molecule has 5 aliphatic carbocycles. The Balaban J connectivity index is 0.000000376. The Bertz CT molecular complexity index is 1160. The Morgan fingerprint density at radius 2 is 0.917 bits per heavy atom. The third-order valence-electron chi connectivity index (χ3n) is 12.4. The maximum Gasteiger partial charge on any atom is 0.0843 e. The summed E-state index contributed by atoms with van der Waals surface area (Å²) < 4.78 is 26.9. The summed E-state index contributed by atoms with van der Waals surface area (Å²) in [5.74, 6) is 1.55. The van der Waals surface area contributed by atoms with Crippen molar-refractivity contribution >= 4 is 0 Å². The predicted octanol–water partition coefficient (Wildman–Crippen LogP) is 8.98. The first-order chi connectivity index (χ1) is 28.6. The fraction of sp³-hybridized carbons (Fsp3) is 0.800.